The molecule has 0 aliphatic rings. The van der Waals surface area contributed by atoms with Crippen molar-refractivity contribution >= 4 is 23.2 Å². The molecule has 0 saturated heterocycles. The molecule has 150 valence electrons. The second-order valence-electron chi connectivity index (χ2n) is 6.69. The number of halogens is 1. The molecular formula is C24H24ClNO3. The zero-order valence-corrected chi connectivity index (χ0v) is 17.5. The Morgan fingerprint density at radius 2 is 1.83 bits per heavy atom. The Bertz CT molecular complexity index is 1020. The van der Waals surface area contributed by atoms with Crippen LogP contribution in [0, 0.1) is 6.92 Å². The molecule has 0 spiro atoms. The summed E-state index contributed by atoms with van der Waals surface area (Å²) in [5, 5.41) is 3.66. The lowest BCUT2D eigenvalue weighted by Crippen LogP contribution is -2.15. The third-order valence-corrected chi connectivity index (χ3v) is 4.95. The van der Waals surface area contributed by atoms with Gasteiger partial charge in [0, 0.05) is 21.8 Å². The molecule has 4 nitrogen and oxygen atoms in total. The highest BCUT2D eigenvalue weighted by molar-refractivity contribution is 6.30. The van der Waals surface area contributed by atoms with E-state index in [1.165, 1.54) is 0 Å². The predicted octanol–water partition coefficient (Wildman–Crippen LogP) is 6.05. The van der Waals surface area contributed by atoms with Crippen LogP contribution in [0.4, 0.5) is 5.69 Å². The van der Waals surface area contributed by atoms with E-state index in [-0.39, 0.29) is 12.5 Å². The molecule has 5 heteroatoms. The van der Waals surface area contributed by atoms with E-state index in [1.807, 2.05) is 37.3 Å². The topological polar surface area (TPSA) is 47.6 Å². The summed E-state index contributed by atoms with van der Waals surface area (Å²) < 4.78 is 11.3. The molecule has 1 N–H and O–H groups in total. The lowest BCUT2D eigenvalue weighted by atomic mass is 10.0. The van der Waals surface area contributed by atoms with Crippen molar-refractivity contribution in [3.8, 4) is 11.5 Å². The number of amides is 1. The fourth-order valence-corrected chi connectivity index (χ4v) is 3.32. The van der Waals surface area contributed by atoms with Crippen LogP contribution in [-0.4, -0.2) is 13.0 Å². The molecule has 0 aliphatic carbocycles. The van der Waals surface area contributed by atoms with E-state index >= 15 is 0 Å². The Kier molecular flexibility index (Phi) is 6.78. The van der Waals surface area contributed by atoms with Gasteiger partial charge in [0.05, 0.1) is 7.11 Å². The maximum atomic E-state index is 12.9. The second kappa shape index (κ2) is 9.48. The van der Waals surface area contributed by atoms with Gasteiger partial charge in [0.1, 0.15) is 18.1 Å². The van der Waals surface area contributed by atoms with Crippen LogP contribution in [0.3, 0.4) is 0 Å². The summed E-state index contributed by atoms with van der Waals surface area (Å²) in [6.45, 7) is 4.32. The molecule has 0 saturated carbocycles. The van der Waals surface area contributed by atoms with Crippen LogP contribution in [0.5, 0.6) is 11.5 Å². The maximum Gasteiger partial charge on any atom is 0.255 e. The van der Waals surface area contributed by atoms with Crippen molar-refractivity contribution in [1.82, 2.24) is 0 Å². The third-order valence-electron chi connectivity index (χ3n) is 4.71. The Labute approximate surface area is 176 Å². The molecule has 29 heavy (non-hydrogen) atoms. The Hall–Kier alpha value is -2.98. The molecule has 0 fully saturated rings. The lowest BCUT2D eigenvalue weighted by Gasteiger charge is -2.15. The van der Waals surface area contributed by atoms with Crippen molar-refractivity contribution in [2.24, 2.45) is 0 Å². The number of aryl methyl sites for hydroxylation is 2. The van der Waals surface area contributed by atoms with E-state index in [1.54, 1.807) is 37.4 Å². The first-order valence-corrected chi connectivity index (χ1v) is 9.84. The third kappa shape index (κ3) is 5.09. The van der Waals surface area contributed by atoms with Gasteiger partial charge in [0.15, 0.2) is 0 Å². The van der Waals surface area contributed by atoms with Gasteiger partial charge in [-0.15, -0.1) is 0 Å². The van der Waals surface area contributed by atoms with Gasteiger partial charge in [-0.2, -0.15) is 0 Å². The van der Waals surface area contributed by atoms with E-state index in [2.05, 4.69) is 12.2 Å². The average molecular weight is 410 g/mol. The molecule has 1 amide bonds. The van der Waals surface area contributed by atoms with Gasteiger partial charge in [0.25, 0.3) is 5.91 Å². The number of carbonyl (C=O) groups is 1. The molecule has 0 heterocycles. The van der Waals surface area contributed by atoms with Crippen LogP contribution < -0.4 is 14.8 Å². The second-order valence-corrected chi connectivity index (χ2v) is 7.13. The predicted molar refractivity (Wildman–Crippen MR) is 117 cm³/mol. The highest BCUT2D eigenvalue weighted by Gasteiger charge is 2.14. The zero-order valence-electron chi connectivity index (χ0n) is 16.8. The van der Waals surface area contributed by atoms with Crippen LogP contribution in [-0.2, 0) is 13.0 Å². The van der Waals surface area contributed by atoms with Gasteiger partial charge < -0.3 is 14.8 Å². The SMILES string of the molecule is CCc1cccc(C)c1NC(=O)c1ccc(OC)c(COc2cccc(Cl)c2)c1. The molecule has 3 aromatic rings. The monoisotopic (exact) mass is 409 g/mol. The Morgan fingerprint density at radius 3 is 2.55 bits per heavy atom. The van der Waals surface area contributed by atoms with Crippen molar-refractivity contribution in [2.75, 3.05) is 12.4 Å². The number of ether oxygens (including phenoxy) is 2. The minimum atomic E-state index is -0.166. The molecule has 0 aliphatic heterocycles. The van der Waals surface area contributed by atoms with Crippen molar-refractivity contribution < 1.29 is 14.3 Å². The summed E-state index contributed by atoms with van der Waals surface area (Å²) in [6.07, 6.45) is 0.846. The van der Waals surface area contributed by atoms with Crippen molar-refractivity contribution in [2.45, 2.75) is 26.9 Å². The fraction of sp³-hybridized carbons (Fsp3) is 0.208. The van der Waals surface area contributed by atoms with Gasteiger partial charge in [-0.05, 0) is 60.9 Å². The molecule has 0 radical (unpaired) electrons. The molecule has 0 atom stereocenters. The number of nitrogens with one attached hydrogen (secondary N) is 1. The first kappa shape index (κ1) is 20.7. The lowest BCUT2D eigenvalue weighted by molar-refractivity contribution is 0.102. The van der Waals surface area contributed by atoms with Gasteiger partial charge in [0.2, 0.25) is 0 Å². The van der Waals surface area contributed by atoms with E-state index < -0.39 is 0 Å². The first-order chi connectivity index (χ1) is 14.0. The number of hydrogen-bond acceptors (Lipinski definition) is 3. The van der Waals surface area contributed by atoms with Gasteiger partial charge >= 0.3 is 0 Å². The van der Waals surface area contributed by atoms with E-state index in [9.17, 15) is 4.79 Å². The number of methoxy groups -OCH3 is 1. The Morgan fingerprint density at radius 1 is 1.03 bits per heavy atom. The molecule has 3 aromatic carbocycles. The van der Waals surface area contributed by atoms with Crippen molar-refractivity contribution in [1.29, 1.82) is 0 Å². The highest BCUT2D eigenvalue weighted by Crippen LogP contribution is 2.26. The van der Waals surface area contributed by atoms with Gasteiger partial charge in [-0.25, -0.2) is 0 Å². The highest BCUT2D eigenvalue weighted by atomic mass is 35.5. The zero-order chi connectivity index (χ0) is 20.8. The van der Waals surface area contributed by atoms with Crippen molar-refractivity contribution in [3.05, 3.63) is 87.9 Å². The van der Waals surface area contributed by atoms with E-state index in [4.69, 9.17) is 21.1 Å². The summed E-state index contributed by atoms with van der Waals surface area (Å²) in [6, 6.07) is 18.5. The summed E-state index contributed by atoms with van der Waals surface area (Å²) in [5.74, 6) is 1.15. The largest absolute Gasteiger partial charge is 0.496 e. The molecule has 3 rings (SSSR count). The number of hydrogen-bond donors (Lipinski definition) is 1. The fourth-order valence-electron chi connectivity index (χ4n) is 3.14. The molecule has 0 aromatic heterocycles. The van der Waals surface area contributed by atoms with Crippen LogP contribution in [0.2, 0.25) is 5.02 Å². The van der Waals surface area contributed by atoms with Crippen LogP contribution in [0.25, 0.3) is 0 Å². The molecular weight excluding hydrogens is 386 g/mol. The summed E-state index contributed by atoms with van der Waals surface area (Å²) in [4.78, 5) is 12.9. The van der Waals surface area contributed by atoms with Crippen LogP contribution in [0.1, 0.15) is 34.0 Å². The number of benzene rings is 3. The minimum absolute atomic E-state index is 0.166. The first-order valence-electron chi connectivity index (χ1n) is 9.47. The quantitative estimate of drug-likeness (QED) is 0.516. The standard InChI is InChI=1S/C24H24ClNO3/c1-4-17-8-5-7-16(2)23(17)26-24(27)18-11-12-22(28-3)19(13-18)15-29-21-10-6-9-20(25)14-21/h5-14H,4,15H2,1-3H3,(H,26,27). The smallest absolute Gasteiger partial charge is 0.255 e. The van der Waals surface area contributed by atoms with Crippen molar-refractivity contribution in [3.63, 3.8) is 0 Å². The maximum absolute atomic E-state index is 12.9. The van der Waals surface area contributed by atoms with E-state index in [0.717, 1.165) is 28.8 Å². The van der Waals surface area contributed by atoms with Crippen LogP contribution in [0.15, 0.2) is 60.7 Å². The average Bonchev–Trinajstić information content (AvgIpc) is 2.73. The Balaban J connectivity index is 1.81. The molecule has 0 bridgehead atoms. The molecule has 0 unspecified atom stereocenters. The van der Waals surface area contributed by atoms with Gasteiger partial charge in [-0.1, -0.05) is 42.8 Å². The number of carbonyl (C=O) groups excluding carboxylic acids is 1. The minimum Gasteiger partial charge on any atom is -0.496 e. The van der Waals surface area contributed by atoms with E-state index in [0.29, 0.717) is 22.1 Å². The van der Waals surface area contributed by atoms with Crippen LogP contribution >= 0.6 is 11.6 Å². The summed E-state index contributed by atoms with van der Waals surface area (Å²) in [5.41, 5.74) is 4.33. The number of para-hydroxylation sites is 1. The summed E-state index contributed by atoms with van der Waals surface area (Å²) >= 11 is 6.01. The normalized spacial score (nSPS) is 10.5. The number of anilines is 1. The number of rotatable bonds is 7. The van der Waals surface area contributed by atoms with Gasteiger partial charge in [-0.3, -0.25) is 4.79 Å². The summed E-state index contributed by atoms with van der Waals surface area (Å²) in [7, 11) is 1.60.